The van der Waals surface area contributed by atoms with Gasteiger partial charge in [0.2, 0.25) is 0 Å². The number of anilines is 1. The minimum atomic E-state index is 0.683. The lowest BCUT2D eigenvalue weighted by Crippen LogP contribution is -2.03. The van der Waals surface area contributed by atoms with Crippen molar-refractivity contribution >= 4 is 33.3 Å². The lowest BCUT2D eigenvalue weighted by Gasteiger charge is -2.08. The van der Waals surface area contributed by atoms with Gasteiger partial charge in [-0.05, 0) is 47.5 Å². The fraction of sp³-hybridized carbons (Fsp3) is 0.286. The molecule has 0 radical (unpaired) electrons. The van der Waals surface area contributed by atoms with E-state index >= 15 is 0 Å². The molecule has 0 atom stereocenters. The molecule has 0 saturated carbocycles. The number of aryl methyl sites for hydroxylation is 1. The van der Waals surface area contributed by atoms with E-state index in [-0.39, 0.29) is 0 Å². The van der Waals surface area contributed by atoms with E-state index in [4.69, 9.17) is 11.6 Å². The number of aromatic nitrogens is 2. The quantitative estimate of drug-likeness (QED) is 0.887. The van der Waals surface area contributed by atoms with Gasteiger partial charge in [0.05, 0.1) is 5.02 Å². The van der Waals surface area contributed by atoms with Gasteiger partial charge in [-0.15, -0.1) is 0 Å². The minimum absolute atomic E-state index is 0.683. The van der Waals surface area contributed by atoms with E-state index < -0.39 is 0 Å². The van der Waals surface area contributed by atoms with E-state index in [1.165, 1.54) is 0 Å². The molecule has 0 saturated heterocycles. The van der Waals surface area contributed by atoms with Crippen LogP contribution in [-0.4, -0.2) is 16.5 Å². The van der Waals surface area contributed by atoms with Gasteiger partial charge >= 0.3 is 0 Å². The van der Waals surface area contributed by atoms with Crippen molar-refractivity contribution in [2.75, 3.05) is 11.9 Å². The first kappa shape index (κ1) is 14.3. The molecule has 0 spiro atoms. The summed E-state index contributed by atoms with van der Waals surface area (Å²) in [5.74, 6) is 1.57. The molecule has 2 rings (SSSR count). The van der Waals surface area contributed by atoms with Crippen LogP contribution in [0.15, 0.2) is 28.7 Å². The molecule has 0 bridgehead atoms. The van der Waals surface area contributed by atoms with Gasteiger partial charge in [0, 0.05) is 28.3 Å². The summed E-state index contributed by atoms with van der Waals surface area (Å²) in [7, 11) is 0. The summed E-state index contributed by atoms with van der Waals surface area (Å²) in [5, 5.41) is 3.91. The number of hydrogen-bond acceptors (Lipinski definition) is 3. The fourth-order valence-electron chi connectivity index (χ4n) is 1.71. The van der Waals surface area contributed by atoms with Gasteiger partial charge < -0.3 is 5.32 Å². The van der Waals surface area contributed by atoms with Crippen LogP contribution in [0.2, 0.25) is 5.02 Å². The van der Waals surface area contributed by atoms with Crippen molar-refractivity contribution in [1.82, 2.24) is 9.97 Å². The smallest absolute Gasteiger partial charge is 0.161 e. The zero-order valence-electron chi connectivity index (χ0n) is 10.9. The van der Waals surface area contributed by atoms with Crippen LogP contribution < -0.4 is 5.32 Å². The third-order valence-electron chi connectivity index (χ3n) is 2.68. The summed E-state index contributed by atoms with van der Waals surface area (Å²) >= 11 is 9.43. The summed E-state index contributed by atoms with van der Waals surface area (Å²) in [6.07, 6.45) is 0.878. The van der Waals surface area contributed by atoms with E-state index in [0.717, 1.165) is 34.5 Å². The van der Waals surface area contributed by atoms with E-state index in [1.54, 1.807) is 0 Å². The number of hydrogen-bond donors (Lipinski definition) is 1. The molecule has 5 heteroatoms. The van der Waals surface area contributed by atoms with E-state index in [1.807, 2.05) is 31.2 Å². The summed E-state index contributed by atoms with van der Waals surface area (Å²) < 4.78 is 0.849. The average Bonchev–Trinajstić information content (AvgIpc) is 2.42. The Kier molecular flexibility index (Phi) is 4.77. The largest absolute Gasteiger partial charge is 0.370 e. The predicted molar refractivity (Wildman–Crippen MR) is 83.7 cm³/mol. The molecule has 0 aliphatic carbocycles. The van der Waals surface area contributed by atoms with Crippen LogP contribution in [0.4, 0.5) is 5.82 Å². The maximum absolute atomic E-state index is 6.01. The standard InChI is InChI=1S/C14H15BrClN3/c1-3-10-8-13(17-4-2)19-14(18-10)9-5-6-12(16)11(15)7-9/h5-8H,3-4H2,1-2H3,(H,17,18,19). The molecular formula is C14H15BrClN3. The maximum Gasteiger partial charge on any atom is 0.161 e. The molecule has 0 aliphatic rings. The summed E-state index contributed by atoms with van der Waals surface area (Å²) in [4.78, 5) is 9.09. The Morgan fingerprint density at radius 2 is 2.00 bits per heavy atom. The second-order valence-corrected chi connectivity index (χ2v) is 5.34. The number of nitrogens with one attached hydrogen (secondary N) is 1. The molecule has 1 N–H and O–H groups in total. The zero-order chi connectivity index (χ0) is 13.8. The molecule has 3 nitrogen and oxygen atoms in total. The fourth-order valence-corrected chi connectivity index (χ4v) is 2.21. The average molecular weight is 341 g/mol. The van der Waals surface area contributed by atoms with Gasteiger partial charge in [0.1, 0.15) is 5.82 Å². The third kappa shape index (κ3) is 3.45. The number of benzene rings is 1. The second-order valence-electron chi connectivity index (χ2n) is 4.08. The van der Waals surface area contributed by atoms with Crippen molar-refractivity contribution in [2.24, 2.45) is 0 Å². The van der Waals surface area contributed by atoms with Crippen molar-refractivity contribution in [3.05, 3.63) is 39.5 Å². The van der Waals surface area contributed by atoms with Crippen LogP contribution >= 0.6 is 27.5 Å². The minimum Gasteiger partial charge on any atom is -0.370 e. The highest BCUT2D eigenvalue weighted by atomic mass is 79.9. The molecule has 1 aromatic carbocycles. The number of halogens is 2. The molecule has 0 unspecified atom stereocenters. The molecule has 0 aliphatic heterocycles. The van der Waals surface area contributed by atoms with Gasteiger partial charge in [-0.1, -0.05) is 18.5 Å². The van der Waals surface area contributed by atoms with E-state index in [2.05, 4.69) is 38.1 Å². The van der Waals surface area contributed by atoms with Crippen LogP contribution in [0.1, 0.15) is 19.5 Å². The number of rotatable bonds is 4. The Hall–Kier alpha value is -1.13. The maximum atomic E-state index is 6.01. The molecule has 0 amide bonds. The highest BCUT2D eigenvalue weighted by molar-refractivity contribution is 9.10. The zero-order valence-corrected chi connectivity index (χ0v) is 13.2. The van der Waals surface area contributed by atoms with Crippen LogP contribution in [0, 0.1) is 0 Å². The van der Waals surface area contributed by atoms with Crippen molar-refractivity contribution in [3.63, 3.8) is 0 Å². The first-order valence-electron chi connectivity index (χ1n) is 6.21. The van der Waals surface area contributed by atoms with Gasteiger partial charge in [-0.3, -0.25) is 0 Å². The SMILES string of the molecule is CCNc1cc(CC)nc(-c2ccc(Cl)c(Br)c2)n1. The van der Waals surface area contributed by atoms with Crippen LogP contribution in [0.3, 0.4) is 0 Å². The Balaban J connectivity index is 2.47. The highest BCUT2D eigenvalue weighted by Gasteiger charge is 2.07. The normalized spacial score (nSPS) is 10.5. The van der Waals surface area contributed by atoms with Crippen molar-refractivity contribution in [2.45, 2.75) is 20.3 Å². The van der Waals surface area contributed by atoms with E-state index in [9.17, 15) is 0 Å². The van der Waals surface area contributed by atoms with Crippen molar-refractivity contribution in [3.8, 4) is 11.4 Å². The van der Waals surface area contributed by atoms with Crippen molar-refractivity contribution < 1.29 is 0 Å². The lowest BCUT2D eigenvalue weighted by molar-refractivity contribution is 0.998. The molecule has 0 fully saturated rings. The summed E-state index contributed by atoms with van der Waals surface area (Å²) in [6.45, 7) is 4.97. The van der Waals surface area contributed by atoms with Crippen LogP contribution in [-0.2, 0) is 6.42 Å². The summed E-state index contributed by atoms with van der Waals surface area (Å²) in [6, 6.07) is 7.69. The van der Waals surface area contributed by atoms with Gasteiger partial charge in [0.15, 0.2) is 5.82 Å². The Morgan fingerprint density at radius 3 is 2.63 bits per heavy atom. The first-order valence-corrected chi connectivity index (χ1v) is 7.38. The highest BCUT2D eigenvalue weighted by Crippen LogP contribution is 2.28. The third-order valence-corrected chi connectivity index (χ3v) is 3.89. The Labute approximate surface area is 126 Å². The molecular weight excluding hydrogens is 326 g/mol. The molecule has 100 valence electrons. The summed E-state index contributed by atoms with van der Waals surface area (Å²) in [5.41, 5.74) is 1.97. The Morgan fingerprint density at radius 1 is 1.21 bits per heavy atom. The molecule has 1 heterocycles. The topological polar surface area (TPSA) is 37.8 Å². The van der Waals surface area contributed by atoms with Gasteiger partial charge in [-0.2, -0.15) is 0 Å². The first-order chi connectivity index (χ1) is 9.13. The van der Waals surface area contributed by atoms with E-state index in [0.29, 0.717) is 10.8 Å². The second kappa shape index (κ2) is 6.35. The monoisotopic (exact) mass is 339 g/mol. The van der Waals surface area contributed by atoms with Gasteiger partial charge in [0.25, 0.3) is 0 Å². The van der Waals surface area contributed by atoms with Gasteiger partial charge in [-0.25, -0.2) is 9.97 Å². The van der Waals surface area contributed by atoms with Crippen LogP contribution in [0.5, 0.6) is 0 Å². The van der Waals surface area contributed by atoms with Crippen LogP contribution in [0.25, 0.3) is 11.4 Å². The predicted octanol–water partition coefficient (Wildman–Crippen LogP) is 4.55. The molecule has 2 aromatic rings. The van der Waals surface area contributed by atoms with Crippen molar-refractivity contribution in [1.29, 1.82) is 0 Å². The lowest BCUT2D eigenvalue weighted by atomic mass is 10.2. The molecule has 1 aromatic heterocycles. The number of nitrogens with zero attached hydrogens (tertiary/aromatic N) is 2. The Bertz CT molecular complexity index is 587. The molecule has 19 heavy (non-hydrogen) atoms.